The lowest BCUT2D eigenvalue weighted by Gasteiger charge is -2.02. The number of halogens is 1. The van der Waals surface area contributed by atoms with E-state index in [4.69, 9.17) is 4.74 Å². The van der Waals surface area contributed by atoms with Gasteiger partial charge in [-0.05, 0) is 58.9 Å². The van der Waals surface area contributed by atoms with E-state index < -0.39 is 0 Å². The highest BCUT2D eigenvalue weighted by atomic mass is 127. The van der Waals surface area contributed by atoms with Crippen LogP contribution in [0.4, 0.5) is 0 Å². The summed E-state index contributed by atoms with van der Waals surface area (Å²) in [6.45, 7) is 2.68. The summed E-state index contributed by atoms with van der Waals surface area (Å²) in [5.41, 5.74) is 2.60. The number of rotatable bonds is 3. The van der Waals surface area contributed by atoms with E-state index in [1.165, 1.54) is 6.08 Å². The number of amides is 1. The predicted octanol–water partition coefficient (Wildman–Crippen LogP) is 2.11. The summed E-state index contributed by atoms with van der Waals surface area (Å²) in [5, 5.41) is 2.78. The van der Waals surface area contributed by atoms with E-state index in [9.17, 15) is 9.59 Å². The molecule has 94 valence electrons. The third kappa shape index (κ3) is 2.72. The van der Waals surface area contributed by atoms with Gasteiger partial charge in [0.05, 0.1) is 12.2 Å². The first-order valence-electron chi connectivity index (χ1n) is 5.57. The Hall–Kier alpha value is -1.37. The standard InChI is InChI=1S/C13H12INO3/c1-2-18-11(16)4-3-8-5-9-7-15-13(17)12(9)10(14)6-8/h3-6H,2,7H2,1H3,(H,15,17). The monoisotopic (exact) mass is 357 g/mol. The van der Waals surface area contributed by atoms with Crippen molar-refractivity contribution >= 4 is 40.5 Å². The molecule has 0 aromatic heterocycles. The second-order valence-electron chi connectivity index (χ2n) is 3.80. The fraction of sp³-hybridized carbons (Fsp3) is 0.231. The van der Waals surface area contributed by atoms with E-state index in [-0.39, 0.29) is 11.9 Å². The van der Waals surface area contributed by atoms with Gasteiger partial charge in [0.1, 0.15) is 0 Å². The van der Waals surface area contributed by atoms with Crippen molar-refractivity contribution in [3.63, 3.8) is 0 Å². The van der Waals surface area contributed by atoms with Crippen LogP contribution in [0.2, 0.25) is 0 Å². The van der Waals surface area contributed by atoms with Crippen LogP contribution in [0.25, 0.3) is 6.08 Å². The molecule has 0 radical (unpaired) electrons. The molecule has 18 heavy (non-hydrogen) atoms. The van der Waals surface area contributed by atoms with Crippen LogP contribution < -0.4 is 5.32 Å². The van der Waals surface area contributed by atoms with Crippen molar-refractivity contribution in [2.45, 2.75) is 13.5 Å². The molecule has 1 heterocycles. The molecule has 0 saturated heterocycles. The minimum absolute atomic E-state index is 0.0321. The van der Waals surface area contributed by atoms with Crippen LogP contribution in [0.1, 0.15) is 28.4 Å². The smallest absolute Gasteiger partial charge is 0.330 e. The van der Waals surface area contributed by atoms with Gasteiger partial charge in [0.15, 0.2) is 0 Å². The number of hydrogen-bond acceptors (Lipinski definition) is 3. The minimum Gasteiger partial charge on any atom is -0.463 e. The van der Waals surface area contributed by atoms with Crippen LogP contribution in [0.15, 0.2) is 18.2 Å². The predicted molar refractivity (Wildman–Crippen MR) is 76.0 cm³/mol. The van der Waals surface area contributed by atoms with E-state index >= 15 is 0 Å². The molecule has 0 atom stereocenters. The summed E-state index contributed by atoms with van der Waals surface area (Å²) in [7, 11) is 0. The first-order chi connectivity index (χ1) is 8.61. The molecule has 1 aromatic rings. The van der Waals surface area contributed by atoms with Crippen molar-refractivity contribution in [1.82, 2.24) is 5.32 Å². The summed E-state index contributed by atoms with van der Waals surface area (Å²) in [6, 6.07) is 3.78. The third-order valence-corrected chi connectivity index (χ3v) is 3.41. The second kappa shape index (κ2) is 5.51. The SMILES string of the molecule is CCOC(=O)C=Cc1cc(I)c2c(c1)CNC2=O. The van der Waals surface area contributed by atoms with E-state index in [0.29, 0.717) is 13.2 Å². The molecular formula is C13H12INO3. The molecular weight excluding hydrogens is 345 g/mol. The number of esters is 1. The number of carbonyl (C=O) groups excluding carboxylic acids is 2. The summed E-state index contributed by atoms with van der Waals surface area (Å²) in [6.07, 6.45) is 3.09. The summed E-state index contributed by atoms with van der Waals surface area (Å²) in [5.74, 6) is -0.391. The quantitative estimate of drug-likeness (QED) is 0.512. The largest absolute Gasteiger partial charge is 0.463 e. The minimum atomic E-state index is -0.359. The Morgan fingerprint density at radius 3 is 3.06 bits per heavy atom. The molecule has 0 bridgehead atoms. The van der Waals surface area contributed by atoms with Crippen molar-refractivity contribution in [1.29, 1.82) is 0 Å². The van der Waals surface area contributed by atoms with E-state index in [1.807, 2.05) is 12.1 Å². The average Bonchev–Trinajstić information content (AvgIpc) is 2.69. The molecule has 4 nitrogen and oxygen atoms in total. The summed E-state index contributed by atoms with van der Waals surface area (Å²) >= 11 is 2.13. The highest BCUT2D eigenvalue weighted by molar-refractivity contribution is 14.1. The van der Waals surface area contributed by atoms with Gasteiger partial charge >= 0.3 is 5.97 Å². The van der Waals surface area contributed by atoms with Crippen LogP contribution in [0.3, 0.4) is 0 Å². The highest BCUT2D eigenvalue weighted by Crippen LogP contribution is 2.24. The Morgan fingerprint density at radius 2 is 2.33 bits per heavy atom. The molecule has 0 unspecified atom stereocenters. The van der Waals surface area contributed by atoms with Crippen molar-refractivity contribution < 1.29 is 14.3 Å². The Morgan fingerprint density at radius 1 is 1.56 bits per heavy atom. The lowest BCUT2D eigenvalue weighted by atomic mass is 10.1. The number of benzene rings is 1. The zero-order valence-corrected chi connectivity index (χ0v) is 12.0. The van der Waals surface area contributed by atoms with Gasteiger partial charge in [0, 0.05) is 16.2 Å². The topological polar surface area (TPSA) is 55.4 Å². The number of nitrogens with one attached hydrogen (secondary N) is 1. The van der Waals surface area contributed by atoms with Crippen LogP contribution in [-0.2, 0) is 16.1 Å². The molecule has 1 aromatic carbocycles. The van der Waals surface area contributed by atoms with E-state index in [2.05, 4.69) is 27.9 Å². The molecule has 5 heteroatoms. The molecule has 0 fully saturated rings. The van der Waals surface area contributed by atoms with Gasteiger partial charge < -0.3 is 10.1 Å². The van der Waals surface area contributed by atoms with Crippen molar-refractivity contribution in [2.75, 3.05) is 6.61 Å². The first kappa shape index (κ1) is 13.1. The fourth-order valence-corrected chi connectivity index (χ4v) is 2.75. The molecule has 1 aliphatic rings. The molecule has 2 rings (SSSR count). The Balaban J connectivity index is 2.24. The molecule has 0 spiro atoms. The molecule has 0 aliphatic carbocycles. The summed E-state index contributed by atoms with van der Waals surface area (Å²) < 4.78 is 5.70. The lowest BCUT2D eigenvalue weighted by molar-refractivity contribution is -0.137. The Labute approximate surface area is 119 Å². The Bertz CT molecular complexity index is 537. The first-order valence-corrected chi connectivity index (χ1v) is 6.65. The fourth-order valence-electron chi connectivity index (χ4n) is 1.80. The summed E-state index contributed by atoms with van der Waals surface area (Å²) in [4.78, 5) is 22.8. The van der Waals surface area contributed by atoms with Crippen molar-refractivity contribution in [2.24, 2.45) is 0 Å². The number of carbonyl (C=O) groups is 2. The van der Waals surface area contributed by atoms with Gasteiger partial charge in [-0.15, -0.1) is 0 Å². The average molecular weight is 357 g/mol. The van der Waals surface area contributed by atoms with Gasteiger partial charge in [-0.1, -0.05) is 0 Å². The zero-order chi connectivity index (χ0) is 13.1. The Kier molecular flexibility index (Phi) is 4.00. The number of fused-ring (bicyclic) bond motifs is 1. The molecule has 1 amide bonds. The second-order valence-corrected chi connectivity index (χ2v) is 4.97. The van der Waals surface area contributed by atoms with Gasteiger partial charge in [-0.2, -0.15) is 0 Å². The normalized spacial score (nSPS) is 13.6. The van der Waals surface area contributed by atoms with Crippen LogP contribution in [0.5, 0.6) is 0 Å². The van der Waals surface area contributed by atoms with Gasteiger partial charge in [-0.25, -0.2) is 4.79 Å². The maximum atomic E-state index is 11.5. The number of hydrogen-bond donors (Lipinski definition) is 1. The maximum Gasteiger partial charge on any atom is 0.330 e. The zero-order valence-electron chi connectivity index (χ0n) is 9.83. The van der Waals surface area contributed by atoms with Crippen molar-refractivity contribution in [3.05, 3.63) is 38.5 Å². The van der Waals surface area contributed by atoms with Crippen LogP contribution >= 0.6 is 22.6 Å². The number of ether oxygens (including phenoxy) is 1. The van der Waals surface area contributed by atoms with Crippen LogP contribution in [0, 0.1) is 3.57 Å². The van der Waals surface area contributed by atoms with Crippen LogP contribution in [-0.4, -0.2) is 18.5 Å². The van der Waals surface area contributed by atoms with Gasteiger partial charge in [0.25, 0.3) is 5.91 Å². The molecule has 1 N–H and O–H groups in total. The third-order valence-electron chi connectivity index (χ3n) is 2.56. The van der Waals surface area contributed by atoms with Gasteiger partial charge in [0.2, 0.25) is 0 Å². The molecule has 1 aliphatic heterocycles. The van der Waals surface area contributed by atoms with E-state index in [1.54, 1.807) is 13.0 Å². The maximum absolute atomic E-state index is 11.5. The van der Waals surface area contributed by atoms with E-state index in [0.717, 1.165) is 20.3 Å². The van der Waals surface area contributed by atoms with Crippen molar-refractivity contribution in [3.8, 4) is 0 Å². The lowest BCUT2D eigenvalue weighted by Crippen LogP contribution is -2.13. The molecule has 0 saturated carbocycles. The van der Waals surface area contributed by atoms with Gasteiger partial charge in [-0.3, -0.25) is 4.79 Å². The highest BCUT2D eigenvalue weighted by Gasteiger charge is 2.21.